The van der Waals surface area contributed by atoms with Crippen LogP contribution >= 0.6 is 11.6 Å². The maximum absolute atomic E-state index is 14.7. The van der Waals surface area contributed by atoms with E-state index in [0.717, 1.165) is 36.3 Å². The summed E-state index contributed by atoms with van der Waals surface area (Å²) in [5.41, 5.74) is 5.49. The van der Waals surface area contributed by atoms with Crippen molar-refractivity contribution in [3.8, 4) is 0 Å². The zero-order valence-corrected chi connectivity index (χ0v) is 20.2. The van der Waals surface area contributed by atoms with E-state index >= 15 is 0 Å². The van der Waals surface area contributed by atoms with Crippen LogP contribution in [-0.4, -0.2) is 0 Å². The van der Waals surface area contributed by atoms with Gasteiger partial charge in [-0.15, -0.1) is 0 Å². The van der Waals surface area contributed by atoms with Crippen molar-refractivity contribution in [1.29, 1.82) is 0 Å². The van der Waals surface area contributed by atoms with Crippen LogP contribution in [0.2, 0.25) is 5.02 Å². The first-order valence-corrected chi connectivity index (χ1v) is 12.7. The molecule has 0 atom stereocenters. The molecular weight excluding hydrogens is 434 g/mol. The lowest BCUT2D eigenvalue weighted by molar-refractivity contribution is 0.310. The highest BCUT2D eigenvalue weighted by Crippen LogP contribution is 2.37. The third kappa shape index (κ3) is 6.44. The van der Waals surface area contributed by atoms with E-state index in [4.69, 9.17) is 11.6 Å². The van der Waals surface area contributed by atoms with Gasteiger partial charge in [0.05, 0.1) is 5.02 Å². The molecule has 1 fully saturated rings. The predicted molar refractivity (Wildman–Crippen MR) is 134 cm³/mol. The van der Waals surface area contributed by atoms with E-state index < -0.39 is 5.82 Å². The molecule has 3 heteroatoms. The molecule has 0 heterocycles. The minimum atomic E-state index is -0.423. The first kappa shape index (κ1) is 24.0. The molecule has 0 amide bonds. The topological polar surface area (TPSA) is 0 Å². The fourth-order valence-corrected chi connectivity index (χ4v) is 5.22. The Balaban J connectivity index is 1.24. The van der Waals surface area contributed by atoms with Crippen molar-refractivity contribution >= 4 is 11.6 Å². The standard InChI is InChI=1S/C30H33ClF2/c1-2-21-5-12-25(13-6-21)26-14-7-22(8-15-26)3-4-23-9-16-27(29(32)19-23)17-10-24-11-18-28(31)30(33)20-24/h5-6,9,11-13,16,18-20,22,26H,2-4,7-8,10,14-15,17H2,1H3. The summed E-state index contributed by atoms with van der Waals surface area (Å²) in [7, 11) is 0. The molecule has 33 heavy (non-hydrogen) atoms. The summed E-state index contributed by atoms with van der Waals surface area (Å²) in [5.74, 6) is 0.853. The first-order valence-electron chi connectivity index (χ1n) is 12.3. The molecule has 0 nitrogen and oxygen atoms in total. The van der Waals surface area contributed by atoms with Gasteiger partial charge in [-0.3, -0.25) is 0 Å². The maximum Gasteiger partial charge on any atom is 0.142 e. The number of benzene rings is 3. The smallest absolute Gasteiger partial charge is 0.142 e. The van der Waals surface area contributed by atoms with Gasteiger partial charge in [0.25, 0.3) is 0 Å². The van der Waals surface area contributed by atoms with Crippen LogP contribution < -0.4 is 0 Å². The molecule has 4 rings (SSSR count). The van der Waals surface area contributed by atoms with Gasteiger partial charge in [0.2, 0.25) is 0 Å². The van der Waals surface area contributed by atoms with Crippen LogP contribution in [-0.2, 0) is 25.7 Å². The normalized spacial score (nSPS) is 18.4. The largest absolute Gasteiger partial charge is 0.207 e. The van der Waals surface area contributed by atoms with Crippen LogP contribution in [0.3, 0.4) is 0 Å². The number of hydrogen-bond acceptors (Lipinski definition) is 0. The number of hydrogen-bond donors (Lipinski definition) is 0. The van der Waals surface area contributed by atoms with Crippen LogP contribution in [0.25, 0.3) is 0 Å². The van der Waals surface area contributed by atoms with Gasteiger partial charge in [-0.25, -0.2) is 8.78 Å². The Kier molecular flexibility index (Phi) is 8.20. The predicted octanol–water partition coefficient (Wildman–Crippen LogP) is 8.87. The van der Waals surface area contributed by atoms with Gasteiger partial charge < -0.3 is 0 Å². The molecule has 1 saturated carbocycles. The van der Waals surface area contributed by atoms with Crippen molar-refractivity contribution in [3.63, 3.8) is 0 Å². The summed E-state index contributed by atoms with van der Waals surface area (Å²) in [5, 5.41) is 0.119. The van der Waals surface area contributed by atoms with Gasteiger partial charge >= 0.3 is 0 Å². The SMILES string of the molecule is CCc1ccc(C2CCC(CCc3ccc(CCc4ccc(Cl)c(F)c4)c(F)c3)CC2)cc1. The number of rotatable bonds is 8. The highest BCUT2D eigenvalue weighted by molar-refractivity contribution is 6.30. The molecule has 3 aromatic rings. The quantitative estimate of drug-likeness (QED) is 0.311. The summed E-state index contributed by atoms with van der Waals surface area (Å²) in [4.78, 5) is 0. The lowest BCUT2D eigenvalue weighted by Crippen LogP contribution is -2.14. The fraction of sp³-hybridized carbons (Fsp3) is 0.400. The van der Waals surface area contributed by atoms with E-state index in [1.165, 1.54) is 42.9 Å². The molecule has 0 bridgehead atoms. The molecule has 0 saturated heterocycles. The second kappa shape index (κ2) is 11.3. The molecular formula is C30H33ClF2. The summed E-state index contributed by atoms with van der Waals surface area (Å²) >= 11 is 5.74. The van der Waals surface area contributed by atoms with Crippen molar-refractivity contribution in [1.82, 2.24) is 0 Å². The van der Waals surface area contributed by atoms with Crippen LogP contribution in [0.1, 0.15) is 72.8 Å². The second-order valence-corrected chi connectivity index (χ2v) is 9.93. The third-order valence-corrected chi connectivity index (χ3v) is 7.64. The molecule has 0 aromatic heterocycles. The van der Waals surface area contributed by atoms with Crippen molar-refractivity contribution in [2.45, 2.75) is 70.6 Å². The molecule has 174 valence electrons. The van der Waals surface area contributed by atoms with Crippen LogP contribution in [0.5, 0.6) is 0 Å². The summed E-state index contributed by atoms with van der Waals surface area (Å²) in [6.45, 7) is 2.20. The Labute approximate surface area is 202 Å². The monoisotopic (exact) mass is 466 g/mol. The van der Waals surface area contributed by atoms with Gasteiger partial charge in [-0.1, -0.05) is 61.0 Å². The maximum atomic E-state index is 14.7. The number of halogens is 3. The average Bonchev–Trinajstić information content (AvgIpc) is 2.84. The van der Waals surface area contributed by atoms with Crippen molar-refractivity contribution in [3.05, 3.63) is 105 Å². The Morgan fingerprint density at radius 1 is 0.727 bits per heavy atom. The Hall–Kier alpha value is -2.19. The lowest BCUT2D eigenvalue weighted by Gasteiger charge is -2.29. The van der Waals surface area contributed by atoms with Gasteiger partial charge in [0.15, 0.2) is 0 Å². The van der Waals surface area contributed by atoms with Gasteiger partial charge in [0.1, 0.15) is 11.6 Å². The van der Waals surface area contributed by atoms with Gasteiger partial charge in [0, 0.05) is 0 Å². The Bertz CT molecular complexity index is 1050. The zero-order chi connectivity index (χ0) is 23.2. The van der Waals surface area contributed by atoms with Crippen molar-refractivity contribution < 1.29 is 8.78 Å². The zero-order valence-electron chi connectivity index (χ0n) is 19.4. The summed E-state index contributed by atoms with van der Waals surface area (Å²) < 4.78 is 28.3. The molecule has 3 aromatic carbocycles. The average molecular weight is 467 g/mol. The summed E-state index contributed by atoms with van der Waals surface area (Å²) in [6, 6.07) is 19.6. The van der Waals surface area contributed by atoms with E-state index in [-0.39, 0.29) is 10.8 Å². The Morgan fingerprint density at radius 3 is 2.03 bits per heavy atom. The summed E-state index contributed by atoms with van der Waals surface area (Å²) in [6.07, 6.45) is 9.34. The highest BCUT2D eigenvalue weighted by Gasteiger charge is 2.22. The second-order valence-electron chi connectivity index (χ2n) is 9.53. The molecule has 0 N–H and O–H groups in total. The first-order chi connectivity index (χ1) is 16.0. The van der Waals surface area contributed by atoms with E-state index in [1.807, 2.05) is 6.07 Å². The minimum absolute atomic E-state index is 0.119. The molecule has 1 aliphatic carbocycles. The third-order valence-electron chi connectivity index (χ3n) is 7.33. The van der Waals surface area contributed by atoms with Gasteiger partial charge in [-0.05, 0) is 116 Å². The lowest BCUT2D eigenvalue weighted by atomic mass is 9.77. The number of aryl methyl sites for hydroxylation is 4. The molecule has 0 spiro atoms. The van der Waals surface area contributed by atoms with E-state index in [2.05, 4.69) is 37.3 Å². The van der Waals surface area contributed by atoms with Crippen LogP contribution in [0.15, 0.2) is 60.7 Å². The van der Waals surface area contributed by atoms with E-state index in [0.29, 0.717) is 24.3 Å². The van der Waals surface area contributed by atoms with Gasteiger partial charge in [-0.2, -0.15) is 0 Å². The Morgan fingerprint density at radius 2 is 1.36 bits per heavy atom. The van der Waals surface area contributed by atoms with Crippen LogP contribution in [0, 0.1) is 17.6 Å². The van der Waals surface area contributed by atoms with E-state index in [1.54, 1.807) is 18.2 Å². The van der Waals surface area contributed by atoms with Crippen molar-refractivity contribution in [2.75, 3.05) is 0 Å². The highest BCUT2D eigenvalue weighted by atomic mass is 35.5. The molecule has 0 radical (unpaired) electrons. The minimum Gasteiger partial charge on any atom is -0.207 e. The van der Waals surface area contributed by atoms with Crippen LogP contribution in [0.4, 0.5) is 8.78 Å². The van der Waals surface area contributed by atoms with Crippen molar-refractivity contribution in [2.24, 2.45) is 5.92 Å². The van der Waals surface area contributed by atoms with E-state index in [9.17, 15) is 8.78 Å². The fourth-order valence-electron chi connectivity index (χ4n) is 5.10. The molecule has 0 aliphatic heterocycles. The molecule has 1 aliphatic rings. The molecule has 0 unspecified atom stereocenters.